The molecule has 90 valence electrons. The number of sulfone groups is 1. The van der Waals surface area contributed by atoms with Crippen LogP contribution in [0.4, 0.5) is 0 Å². The molecule has 0 heterocycles. The zero-order valence-electron chi connectivity index (χ0n) is 8.74. The molecule has 0 saturated carbocycles. The van der Waals surface area contributed by atoms with E-state index in [1.165, 1.54) is 6.26 Å². The Bertz CT molecular complexity index is 459. The normalized spacial score (nSPS) is 11.4. The van der Waals surface area contributed by atoms with E-state index in [9.17, 15) is 8.42 Å². The van der Waals surface area contributed by atoms with E-state index in [2.05, 4.69) is 15.9 Å². The van der Waals surface area contributed by atoms with Gasteiger partial charge in [0.2, 0.25) is 0 Å². The summed E-state index contributed by atoms with van der Waals surface area (Å²) in [4.78, 5) is 0. The van der Waals surface area contributed by atoms with Gasteiger partial charge in [0.1, 0.15) is 12.4 Å². The Morgan fingerprint density at radius 1 is 1.44 bits per heavy atom. The van der Waals surface area contributed by atoms with E-state index in [0.29, 0.717) is 11.6 Å². The average molecular weight is 328 g/mol. The van der Waals surface area contributed by atoms with Crippen LogP contribution in [0, 0.1) is 0 Å². The Labute approximate surface area is 109 Å². The maximum Gasteiger partial charge on any atom is 0.150 e. The lowest BCUT2D eigenvalue weighted by molar-refractivity contribution is 0.341. The van der Waals surface area contributed by atoms with Gasteiger partial charge in [-0.2, -0.15) is 0 Å². The molecule has 0 atom stereocenters. The van der Waals surface area contributed by atoms with Gasteiger partial charge in [0, 0.05) is 16.6 Å². The van der Waals surface area contributed by atoms with Gasteiger partial charge in [-0.3, -0.25) is 0 Å². The molecular formula is C10H12BrClO3S. The summed E-state index contributed by atoms with van der Waals surface area (Å²) in [5, 5.41) is 0. The number of halogens is 2. The van der Waals surface area contributed by atoms with Crippen LogP contribution >= 0.6 is 27.5 Å². The zero-order chi connectivity index (χ0) is 12.2. The smallest absolute Gasteiger partial charge is 0.150 e. The van der Waals surface area contributed by atoms with Crippen LogP contribution < -0.4 is 4.74 Å². The topological polar surface area (TPSA) is 43.4 Å². The Morgan fingerprint density at radius 2 is 2.12 bits per heavy atom. The highest BCUT2D eigenvalue weighted by atomic mass is 79.9. The monoisotopic (exact) mass is 326 g/mol. The summed E-state index contributed by atoms with van der Waals surface area (Å²) in [7, 11) is -2.98. The van der Waals surface area contributed by atoms with Crippen LogP contribution in [-0.4, -0.2) is 27.0 Å². The molecule has 0 unspecified atom stereocenters. The fourth-order valence-corrected chi connectivity index (χ4v) is 2.21. The van der Waals surface area contributed by atoms with Crippen molar-refractivity contribution in [1.29, 1.82) is 0 Å². The minimum Gasteiger partial charge on any atom is -0.493 e. The molecule has 1 aromatic rings. The first-order chi connectivity index (χ1) is 7.42. The minimum atomic E-state index is -2.98. The van der Waals surface area contributed by atoms with Gasteiger partial charge in [0.15, 0.2) is 9.84 Å². The third-order valence-electron chi connectivity index (χ3n) is 1.88. The first-order valence-corrected chi connectivity index (χ1v) is 7.96. The highest BCUT2D eigenvalue weighted by molar-refractivity contribution is 9.10. The molecule has 1 aromatic carbocycles. The highest BCUT2D eigenvalue weighted by Gasteiger charge is 2.04. The number of benzene rings is 1. The third kappa shape index (κ3) is 4.72. The Balaban J connectivity index is 2.61. The fourth-order valence-electron chi connectivity index (χ4n) is 1.05. The van der Waals surface area contributed by atoms with E-state index in [1.54, 1.807) is 12.1 Å². The van der Waals surface area contributed by atoms with Crippen molar-refractivity contribution in [2.75, 3.05) is 18.6 Å². The molecule has 0 amide bonds. The number of rotatable bonds is 5. The lowest BCUT2D eigenvalue weighted by Crippen LogP contribution is -2.12. The van der Waals surface area contributed by atoms with Crippen molar-refractivity contribution in [3.8, 4) is 5.75 Å². The van der Waals surface area contributed by atoms with Gasteiger partial charge in [-0.15, -0.1) is 11.6 Å². The lowest BCUT2D eigenvalue weighted by Gasteiger charge is -2.07. The minimum absolute atomic E-state index is 0.0132. The van der Waals surface area contributed by atoms with Crippen molar-refractivity contribution < 1.29 is 13.2 Å². The standard InChI is InChI=1S/C10H12BrClO3S/c1-16(13,14)5-4-15-9-2-3-10(11)8(6-9)7-12/h2-3,6H,4-5,7H2,1H3. The summed E-state index contributed by atoms with van der Waals surface area (Å²) >= 11 is 9.08. The summed E-state index contributed by atoms with van der Waals surface area (Å²) in [6.45, 7) is 0.155. The van der Waals surface area contributed by atoms with E-state index < -0.39 is 9.84 Å². The average Bonchev–Trinajstić information content (AvgIpc) is 2.18. The van der Waals surface area contributed by atoms with Crippen LogP contribution in [0.15, 0.2) is 22.7 Å². The molecule has 6 heteroatoms. The maximum atomic E-state index is 10.9. The number of alkyl halides is 1. The van der Waals surface area contributed by atoms with Crippen LogP contribution in [0.5, 0.6) is 5.75 Å². The van der Waals surface area contributed by atoms with Crippen molar-refractivity contribution in [2.24, 2.45) is 0 Å². The molecule has 0 spiro atoms. The van der Waals surface area contributed by atoms with Gasteiger partial charge in [-0.1, -0.05) is 15.9 Å². The molecule has 16 heavy (non-hydrogen) atoms. The van der Waals surface area contributed by atoms with Crippen molar-refractivity contribution in [2.45, 2.75) is 5.88 Å². The summed E-state index contributed by atoms with van der Waals surface area (Å²) in [6, 6.07) is 5.38. The third-order valence-corrected chi connectivity index (χ3v) is 3.85. The van der Waals surface area contributed by atoms with Crippen LogP contribution in [-0.2, 0) is 15.7 Å². The van der Waals surface area contributed by atoms with Crippen molar-refractivity contribution in [3.05, 3.63) is 28.2 Å². The summed E-state index contributed by atoms with van der Waals surface area (Å²) < 4.78 is 28.0. The SMILES string of the molecule is CS(=O)(=O)CCOc1ccc(Br)c(CCl)c1. The van der Waals surface area contributed by atoms with Crippen LogP contribution in [0.1, 0.15) is 5.56 Å². The molecule has 0 N–H and O–H groups in total. The van der Waals surface area contributed by atoms with E-state index >= 15 is 0 Å². The van der Waals surface area contributed by atoms with Gasteiger partial charge >= 0.3 is 0 Å². The van der Waals surface area contributed by atoms with Crippen LogP contribution in [0.3, 0.4) is 0 Å². The van der Waals surface area contributed by atoms with Gasteiger partial charge < -0.3 is 4.74 Å². The molecule has 0 aliphatic carbocycles. The Hall–Kier alpha value is -0.260. The molecule has 0 aliphatic heterocycles. The van der Waals surface area contributed by atoms with E-state index in [0.717, 1.165) is 10.0 Å². The molecule has 0 fully saturated rings. The second kappa shape index (κ2) is 5.89. The second-order valence-corrected chi connectivity index (χ2v) is 6.75. The van der Waals surface area contributed by atoms with Gasteiger partial charge in [0.05, 0.1) is 5.75 Å². The first kappa shape index (κ1) is 13.8. The molecule has 0 aromatic heterocycles. The van der Waals surface area contributed by atoms with E-state index in [4.69, 9.17) is 16.3 Å². The number of hydrogen-bond donors (Lipinski definition) is 0. The number of ether oxygens (including phenoxy) is 1. The van der Waals surface area contributed by atoms with Gasteiger partial charge in [-0.25, -0.2) is 8.42 Å². The quantitative estimate of drug-likeness (QED) is 0.781. The molecule has 3 nitrogen and oxygen atoms in total. The fraction of sp³-hybridized carbons (Fsp3) is 0.400. The summed E-state index contributed by atoms with van der Waals surface area (Å²) in [5.41, 5.74) is 0.915. The zero-order valence-corrected chi connectivity index (χ0v) is 11.9. The largest absolute Gasteiger partial charge is 0.493 e. The molecule has 0 aliphatic rings. The van der Waals surface area contributed by atoms with Crippen molar-refractivity contribution in [3.63, 3.8) is 0 Å². The summed E-state index contributed by atoms with van der Waals surface area (Å²) in [5.74, 6) is 1.02. The molecule has 0 saturated heterocycles. The van der Waals surface area contributed by atoms with Crippen molar-refractivity contribution in [1.82, 2.24) is 0 Å². The van der Waals surface area contributed by atoms with Gasteiger partial charge in [-0.05, 0) is 23.8 Å². The van der Waals surface area contributed by atoms with E-state index in [-0.39, 0.29) is 12.4 Å². The molecule has 0 bridgehead atoms. The van der Waals surface area contributed by atoms with E-state index in [1.807, 2.05) is 6.07 Å². The Morgan fingerprint density at radius 3 is 2.69 bits per heavy atom. The van der Waals surface area contributed by atoms with Crippen LogP contribution in [0.25, 0.3) is 0 Å². The second-order valence-electron chi connectivity index (χ2n) is 3.37. The molecular weight excluding hydrogens is 316 g/mol. The summed E-state index contributed by atoms with van der Waals surface area (Å²) in [6.07, 6.45) is 1.18. The van der Waals surface area contributed by atoms with Gasteiger partial charge in [0.25, 0.3) is 0 Å². The molecule has 1 rings (SSSR count). The van der Waals surface area contributed by atoms with Crippen molar-refractivity contribution >= 4 is 37.4 Å². The lowest BCUT2D eigenvalue weighted by atomic mass is 10.2. The Kier molecular flexibility index (Phi) is 5.08. The maximum absolute atomic E-state index is 10.9. The number of hydrogen-bond acceptors (Lipinski definition) is 3. The highest BCUT2D eigenvalue weighted by Crippen LogP contribution is 2.23. The predicted octanol–water partition coefficient (Wildman–Crippen LogP) is 2.61. The van der Waals surface area contributed by atoms with Crippen LogP contribution in [0.2, 0.25) is 0 Å². The first-order valence-electron chi connectivity index (χ1n) is 4.57. The predicted molar refractivity (Wildman–Crippen MR) is 68.9 cm³/mol. The molecule has 0 radical (unpaired) electrons.